The maximum atomic E-state index is 6.06. The molecule has 157 valence electrons. The third-order valence-electron chi connectivity index (χ3n) is 6.23. The van der Waals surface area contributed by atoms with Gasteiger partial charge in [0.2, 0.25) is 0 Å². The summed E-state index contributed by atoms with van der Waals surface area (Å²) >= 11 is 0. The van der Waals surface area contributed by atoms with E-state index < -0.39 is 8.07 Å². The molecule has 1 radical (unpaired) electrons. The van der Waals surface area contributed by atoms with Crippen LogP contribution in [-0.4, -0.2) is 8.07 Å². The van der Waals surface area contributed by atoms with Crippen LogP contribution in [0.3, 0.4) is 0 Å². The number of rotatable bonds is 7. The van der Waals surface area contributed by atoms with Gasteiger partial charge in [-0.3, -0.25) is 0 Å². The first kappa shape index (κ1) is 21.5. The fourth-order valence-electron chi connectivity index (χ4n) is 4.69. The molecule has 0 saturated heterocycles. The largest absolute Gasteiger partial charge is 0.326 e. The maximum absolute atomic E-state index is 6.06. The van der Waals surface area contributed by atoms with Crippen molar-refractivity contribution in [3.05, 3.63) is 119 Å². The highest BCUT2D eigenvalue weighted by Gasteiger charge is 2.47. The summed E-state index contributed by atoms with van der Waals surface area (Å²) in [4.78, 5) is 0. The Morgan fingerprint density at radius 1 is 0.645 bits per heavy atom. The molecule has 3 aromatic rings. The van der Waals surface area contributed by atoms with Crippen LogP contribution in [0.4, 0.5) is 0 Å². The predicted molar refractivity (Wildman–Crippen MR) is 134 cm³/mol. The predicted octanol–water partition coefficient (Wildman–Crippen LogP) is 2.16. The monoisotopic (exact) mass is 424 g/mol. The van der Waals surface area contributed by atoms with Gasteiger partial charge in [-0.25, -0.2) is 0 Å². The number of hydrogen-bond acceptors (Lipinski definition) is 3. The van der Waals surface area contributed by atoms with E-state index in [-0.39, 0.29) is 0 Å². The molecule has 0 aromatic heterocycles. The standard InChI is InChI=1S/C27H30N3Si/c1-20-6-2-13-27(20)31(24-10-3-7-21(14-24)17-28,25-11-4-8-22(15-25)18-29)26-12-5-9-23(16-26)19-30/h2-16H,17-19,28-30H2,1H3. The number of benzene rings is 3. The second kappa shape index (κ2) is 9.16. The van der Waals surface area contributed by atoms with Crippen LogP contribution in [0.15, 0.2) is 96.6 Å². The van der Waals surface area contributed by atoms with Crippen LogP contribution < -0.4 is 32.8 Å². The van der Waals surface area contributed by atoms with E-state index in [4.69, 9.17) is 17.2 Å². The molecule has 1 aliphatic carbocycles. The summed E-state index contributed by atoms with van der Waals surface area (Å²) in [5.41, 5.74) is 24.3. The van der Waals surface area contributed by atoms with Gasteiger partial charge >= 0.3 is 0 Å². The first-order valence-electron chi connectivity index (χ1n) is 10.7. The number of nitrogens with two attached hydrogens (primary N) is 3. The van der Waals surface area contributed by atoms with Crippen LogP contribution in [0.5, 0.6) is 0 Å². The Morgan fingerprint density at radius 2 is 1.06 bits per heavy atom. The molecule has 4 heteroatoms. The Hall–Kier alpha value is -2.76. The van der Waals surface area contributed by atoms with Crippen LogP contribution in [0, 0.1) is 5.54 Å². The average Bonchev–Trinajstić information content (AvgIpc) is 3.26. The van der Waals surface area contributed by atoms with Gasteiger partial charge in [-0.1, -0.05) is 96.6 Å². The van der Waals surface area contributed by atoms with Crippen molar-refractivity contribution in [2.45, 2.75) is 26.6 Å². The second-order valence-corrected chi connectivity index (χ2v) is 11.9. The summed E-state index contributed by atoms with van der Waals surface area (Å²) in [6.07, 6.45) is 6.67. The van der Waals surface area contributed by atoms with Gasteiger partial charge in [-0.15, -0.1) is 0 Å². The molecule has 3 nitrogen and oxygen atoms in total. The quantitative estimate of drug-likeness (QED) is 0.402. The Bertz CT molecular complexity index is 1020. The number of allylic oxidation sites excluding steroid dienone is 4. The van der Waals surface area contributed by atoms with Crippen molar-refractivity contribution in [2.75, 3.05) is 0 Å². The van der Waals surface area contributed by atoms with Gasteiger partial charge in [0.05, 0.1) is 0 Å². The van der Waals surface area contributed by atoms with E-state index in [9.17, 15) is 0 Å². The molecular formula is C27H30N3Si. The van der Waals surface area contributed by atoms with E-state index in [1.165, 1.54) is 26.7 Å². The van der Waals surface area contributed by atoms with Crippen molar-refractivity contribution in [1.82, 2.24) is 0 Å². The minimum atomic E-state index is -2.60. The molecule has 6 N–H and O–H groups in total. The van der Waals surface area contributed by atoms with Crippen LogP contribution >= 0.6 is 0 Å². The second-order valence-electron chi connectivity index (χ2n) is 8.09. The van der Waals surface area contributed by atoms with Crippen LogP contribution in [0.25, 0.3) is 0 Å². The average molecular weight is 425 g/mol. The third kappa shape index (κ3) is 3.84. The molecule has 1 aliphatic rings. The zero-order valence-corrected chi connectivity index (χ0v) is 19.0. The molecule has 0 amide bonds. The Kier molecular flexibility index (Phi) is 6.34. The van der Waals surface area contributed by atoms with Crippen molar-refractivity contribution in [3.63, 3.8) is 0 Å². The lowest BCUT2D eigenvalue weighted by atomic mass is 10.2. The lowest BCUT2D eigenvalue weighted by Gasteiger charge is -2.39. The highest BCUT2D eigenvalue weighted by Crippen LogP contribution is 2.31. The molecule has 0 fully saturated rings. The molecule has 0 aliphatic heterocycles. The molecule has 31 heavy (non-hydrogen) atoms. The third-order valence-corrected chi connectivity index (χ3v) is 11.1. The van der Waals surface area contributed by atoms with Gasteiger partial charge in [0.1, 0.15) is 0 Å². The Morgan fingerprint density at radius 3 is 1.39 bits per heavy atom. The zero-order valence-electron chi connectivity index (χ0n) is 18.0. The maximum Gasteiger partial charge on any atom is 0.163 e. The number of hydrogen-bond donors (Lipinski definition) is 3. The lowest BCUT2D eigenvalue weighted by molar-refractivity contribution is 1.07. The van der Waals surface area contributed by atoms with Crippen molar-refractivity contribution >= 4 is 23.6 Å². The van der Waals surface area contributed by atoms with E-state index in [1.807, 2.05) is 0 Å². The molecule has 0 unspecified atom stereocenters. The topological polar surface area (TPSA) is 78.1 Å². The van der Waals surface area contributed by atoms with Crippen LogP contribution in [-0.2, 0) is 19.6 Å². The summed E-state index contributed by atoms with van der Waals surface area (Å²) in [5, 5.41) is 3.98. The zero-order chi connectivity index (χ0) is 21.8. The minimum absolute atomic E-state index is 0.518. The SMILES string of the molecule is CC1=CC=C[C]1[Si](c1cccc(CN)c1)(c1cccc(CN)c1)c1cccc(CN)c1. The normalized spacial score (nSPS) is 14.1. The van der Waals surface area contributed by atoms with E-state index in [0.717, 1.165) is 16.7 Å². The highest BCUT2D eigenvalue weighted by atomic mass is 28.3. The Balaban J connectivity index is 2.12. The van der Waals surface area contributed by atoms with E-state index >= 15 is 0 Å². The molecule has 0 atom stereocenters. The molecule has 0 bridgehead atoms. The van der Waals surface area contributed by atoms with E-state index in [2.05, 4.69) is 97.9 Å². The van der Waals surface area contributed by atoms with Gasteiger partial charge in [0.15, 0.2) is 8.07 Å². The van der Waals surface area contributed by atoms with E-state index in [1.54, 1.807) is 0 Å². The summed E-state index contributed by atoms with van der Waals surface area (Å²) in [6.45, 7) is 3.77. The molecular weight excluding hydrogens is 394 g/mol. The fraction of sp³-hybridized carbons (Fsp3) is 0.148. The van der Waals surface area contributed by atoms with Gasteiger partial charge in [0.25, 0.3) is 0 Å². The molecule has 3 aromatic carbocycles. The van der Waals surface area contributed by atoms with E-state index in [0.29, 0.717) is 19.6 Å². The smallest absolute Gasteiger partial charge is 0.163 e. The van der Waals surface area contributed by atoms with Crippen molar-refractivity contribution in [2.24, 2.45) is 17.2 Å². The van der Waals surface area contributed by atoms with Gasteiger partial charge in [0, 0.05) is 25.2 Å². The van der Waals surface area contributed by atoms with Crippen molar-refractivity contribution in [3.8, 4) is 0 Å². The van der Waals surface area contributed by atoms with Crippen LogP contribution in [0.2, 0.25) is 0 Å². The lowest BCUT2D eigenvalue weighted by Crippen LogP contribution is -2.71. The van der Waals surface area contributed by atoms with Gasteiger partial charge in [-0.05, 0) is 39.2 Å². The summed E-state index contributed by atoms with van der Waals surface area (Å²) in [5.74, 6) is 0. The van der Waals surface area contributed by atoms with Crippen molar-refractivity contribution in [1.29, 1.82) is 0 Å². The molecule has 0 spiro atoms. The summed E-state index contributed by atoms with van der Waals surface area (Å²) < 4.78 is 0. The van der Waals surface area contributed by atoms with Crippen LogP contribution in [0.1, 0.15) is 23.6 Å². The van der Waals surface area contributed by atoms with Gasteiger partial charge in [-0.2, -0.15) is 0 Å². The minimum Gasteiger partial charge on any atom is -0.326 e. The summed E-state index contributed by atoms with van der Waals surface area (Å²) in [7, 11) is -2.60. The molecule has 0 heterocycles. The van der Waals surface area contributed by atoms with Gasteiger partial charge < -0.3 is 17.2 Å². The summed E-state index contributed by atoms with van der Waals surface area (Å²) in [6, 6.07) is 26.4. The first-order chi connectivity index (χ1) is 15.1. The van der Waals surface area contributed by atoms with Crippen molar-refractivity contribution < 1.29 is 0 Å². The fourth-order valence-corrected chi connectivity index (χ4v) is 9.89. The molecule has 4 rings (SSSR count). The highest BCUT2D eigenvalue weighted by molar-refractivity contribution is 7.16. The first-order valence-corrected chi connectivity index (χ1v) is 12.7. The Labute approximate surface area is 186 Å². The molecule has 0 saturated carbocycles.